The fourth-order valence-corrected chi connectivity index (χ4v) is 4.55. The van der Waals surface area contributed by atoms with Gasteiger partial charge in [0, 0.05) is 24.4 Å². The van der Waals surface area contributed by atoms with E-state index in [0.29, 0.717) is 12.0 Å². The number of nitrogens with one attached hydrogen (secondary N) is 1. The van der Waals surface area contributed by atoms with Crippen molar-refractivity contribution in [1.82, 2.24) is 10.2 Å². The molecule has 0 unspecified atom stereocenters. The Morgan fingerprint density at radius 3 is 2.35 bits per heavy atom. The van der Waals surface area contributed by atoms with Crippen LogP contribution in [0.25, 0.3) is 0 Å². The highest BCUT2D eigenvalue weighted by Gasteiger charge is 2.33. The molecule has 1 fully saturated rings. The molecule has 0 bridgehead atoms. The van der Waals surface area contributed by atoms with E-state index in [4.69, 9.17) is 0 Å². The summed E-state index contributed by atoms with van der Waals surface area (Å²) in [4.78, 5) is 14.5. The number of benzene rings is 1. The van der Waals surface area contributed by atoms with Crippen molar-refractivity contribution >= 4 is 15.7 Å². The molecule has 128 valence electrons. The van der Waals surface area contributed by atoms with Crippen molar-refractivity contribution in [2.75, 3.05) is 20.4 Å². The van der Waals surface area contributed by atoms with E-state index in [1.165, 1.54) is 6.26 Å². The maximum atomic E-state index is 12.4. The van der Waals surface area contributed by atoms with Gasteiger partial charge in [0.25, 0.3) is 5.91 Å². The summed E-state index contributed by atoms with van der Waals surface area (Å²) < 4.78 is 23.8. The second kappa shape index (κ2) is 7.45. The molecule has 1 aliphatic carbocycles. The van der Waals surface area contributed by atoms with Gasteiger partial charge in [0.05, 0.1) is 5.25 Å². The Kier molecular flexibility index (Phi) is 5.81. The number of sulfone groups is 1. The molecule has 0 aromatic heterocycles. The number of hydrogen-bond donors (Lipinski definition) is 1. The summed E-state index contributed by atoms with van der Waals surface area (Å²) in [5.41, 5.74) is 1.71. The lowest BCUT2D eigenvalue weighted by atomic mass is 9.94. The van der Waals surface area contributed by atoms with Gasteiger partial charge in [0.15, 0.2) is 9.84 Å². The fraction of sp³-hybridized carbons (Fsp3) is 0.588. The highest BCUT2D eigenvalue weighted by molar-refractivity contribution is 7.91. The zero-order chi connectivity index (χ0) is 17.0. The van der Waals surface area contributed by atoms with Gasteiger partial charge in [0.2, 0.25) is 0 Å². The average Bonchev–Trinajstić information content (AvgIpc) is 2.46. The molecule has 1 saturated carbocycles. The van der Waals surface area contributed by atoms with Crippen LogP contribution in [0.3, 0.4) is 0 Å². The smallest absolute Gasteiger partial charge is 0.251 e. The van der Waals surface area contributed by atoms with Crippen LogP contribution in [-0.2, 0) is 16.4 Å². The third kappa shape index (κ3) is 5.04. The number of rotatable bonds is 5. The molecule has 0 aliphatic heterocycles. The molecule has 1 aliphatic rings. The van der Waals surface area contributed by atoms with Crippen molar-refractivity contribution in [2.24, 2.45) is 0 Å². The van der Waals surface area contributed by atoms with Crippen LogP contribution in [0.15, 0.2) is 24.3 Å². The van der Waals surface area contributed by atoms with E-state index in [1.54, 1.807) is 12.1 Å². The molecule has 5 nitrogen and oxygen atoms in total. The summed E-state index contributed by atoms with van der Waals surface area (Å²) in [5.74, 6) is -0.193. The van der Waals surface area contributed by atoms with Gasteiger partial charge < -0.3 is 10.2 Å². The molecule has 6 heteroatoms. The second-order valence-corrected chi connectivity index (χ2v) is 8.93. The van der Waals surface area contributed by atoms with Crippen molar-refractivity contribution in [3.8, 4) is 0 Å². The fourth-order valence-electron chi connectivity index (χ4n) is 3.15. The summed E-state index contributed by atoms with van der Waals surface area (Å²) in [5, 5.41) is 2.46. The van der Waals surface area contributed by atoms with Crippen molar-refractivity contribution in [3.63, 3.8) is 0 Å². The van der Waals surface area contributed by atoms with Gasteiger partial charge >= 0.3 is 0 Å². The van der Waals surface area contributed by atoms with Crippen LogP contribution in [0.1, 0.15) is 41.6 Å². The van der Waals surface area contributed by atoms with Gasteiger partial charge in [-0.1, -0.05) is 25.0 Å². The standard InChI is InChI=1S/C17H26N2O3S/c1-19(2)12-13-8-10-14(11-9-13)17(20)18-15-6-4-5-7-16(15)23(3,21)22/h8-11,15-16H,4-7,12H2,1-3H3,(H,18,20)/t15-,16-/m1/s1. The SMILES string of the molecule is CN(C)Cc1ccc(C(=O)N[C@@H]2CCCC[C@H]2S(C)(=O)=O)cc1. The molecule has 2 rings (SSSR count). The van der Waals surface area contributed by atoms with Crippen molar-refractivity contribution in [3.05, 3.63) is 35.4 Å². The van der Waals surface area contributed by atoms with Gasteiger partial charge in [-0.25, -0.2) is 8.42 Å². The minimum atomic E-state index is -3.14. The van der Waals surface area contributed by atoms with Gasteiger partial charge in [0.1, 0.15) is 0 Å². The first kappa shape index (κ1) is 17.9. The maximum absolute atomic E-state index is 12.4. The zero-order valence-corrected chi connectivity index (χ0v) is 14.9. The predicted octanol–water partition coefficient (Wildman–Crippen LogP) is 1.83. The van der Waals surface area contributed by atoms with E-state index in [1.807, 2.05) is 26.2 Å². The normalized spacial score (nSPS) is 22.1. The number of carbonyl (C=O) groups is 1. The largest absolute Gasteiger partial charge is 0.348 e. The molecule has 23 heavy (non-hydrogen) atoms. The molecule has 2 atom stereocenters. The van der Waals surface area contributed by atoms with E-state index in [-0.39, 0.29) is 11.9 Å². The summed E-state index contributed by atoms with van der Waals surface area (Å²) in [6, 6.07) is 7.18. The minimum Gasteiger partial charge on any atom is -0.348 e. The van der Waals surface area contributed by atoms with Crippen LogP contribution in [0.5, 0.6) is 0 Å². The van der Waals surface area contributed by atoms with E-state index in [9.17, 15) is 13.2 Å². The Balaban J connectivity index is 2.05. The first-order chi connectivity index (χ1) is 10.8. The first-order valence-electron chi connectivity index (χ1n) is 8.01. The molecule has 0 spiro atoms. The second-order valence-electron chi connectivity index (χ2n) is 6.67. The summed E-state index contributed by atoms with van der Waals surface area (Å²) in [7, 11) is 0.847. The molecular weight excluding hydrogens is 312 g/mol. The quantitative estimate of drug-likeness (QED) is 0.889. The highest BCUT2D eigenvalue weighted by atomic mass is 32.2. The summed E-state index contributed by atoms with van der Waals surface area (Å²) >= 11 is 0. The Labute approximate surface area is 139 Å². The van der Waals surface area contributed by atoms with Crippen LogP contribution in [-0.4, -0.2) is 50.9 Å². The lowest BCUT2D eigenvalue weighted by Crippen LogP contribution is -2.48. The Morgan fingerprint density at radius 1 is 1.17 bits per heavy atom. The minimum absolute atomic E-state index is 0.193. The van der Waals surface area contributed by atoms with E-state index >= 15 is 0 Å². The molecule has 0 heterocycles. The maximum Gasteiger partial charge on any atom is 0.251 e. The molecule has 1 aromatic carbocycles. The van der Waals surface area contributed by atoms with Crippen molar-refractivity contribution in [1.29, 1.82) is 0 Å². The average molecular weight is 338 g/mol. The summed E-state index contributed by atoms with van der Waals surface area (Å²) in [6.45, 7) is 0.820. The van der Waals surface area contributed by atoms with Crippen LogP contribution >= 0.6 is 0 Å². The van der Waals surface area contributed by atoms with Gasteiger partial charge in [-0.15, -0.1) is 0 Å². The summed E-state index contributed by atoms with van der Waals surface area (Å²) in [6.07, 6.45) is 4.48. The molecule has 0 radical (unpaired) electrons. The Morgan fingerprint density at radius 2 is 1.78 bits per heavy atom. The van der Waals surface area contributed by atoms with E-state index in [2.05, 4.69) is 10.2 Å². The lowest BCUT2D eigenvalue weighted by molar-refractivity contribution is 0.0929. The number of hydrogen-bond acceptors (Lipinski definition) is 4. The van der Waals surface area contributed by atoms with E-state index < -0.39 is 15.1 Å². The number of amides is 1. The Hall–Kier alpha value is -1.40. The van der Waals surface area contributed by atoms with Gasteiger partial charge in [-0.05, 0) is 44.6 Å². The predicted molar refractivity (Wildman–Crippen MR) is 92.2 cm³/mol. The van der Waals surface area contributed by atoms with Crippen LogP contribution in [0.4, 0.5) is 0 Å². The van der Waals surface area contributed by atoms with Crippen LogP contribution < -0.4 is 5.32 Å². The molecule has 1 aromatic rings. The number of nitrogens with zero attached hydrogens (tertiary/aromatic N) is 1. The van der Waals surface area contributed by atoms with Crippen LogP contribution in [0.2, 0.25) is 0 Å². The zero-order valence-electron chi connectivity index (χ0n) is 14.1. The molecule has 0 saturated heterocycles. The molecule has 1 N–H and O–H groups in total. The monoisotopic (exact) mass is 338 g/mol. The molecule has 1 amide bonds. The number of carbonyl (C=O) groups excluding carboxylic acids is 1. The van der Waals surface area contributed by atoms with Crippen LogP contribution in [0, 0.1) is 0 Å². The van der Waals surface area contributed by atoms with Gasteiger partial charge in [-0.3, -0.25) is 4.79 Å². The third-order valence-electron chi connectivity index (χ3n) is 4.28. The lowest BCUT2D eigenvalue weighted by Gasteiger charge is -2.30. The van der Waals surface area contributed by atoms with Crippen molar-refractivity contribution in [2.45, 2.75) is 43.5 Å². The first-order valence-corrected chi connectivity index (χ1v) is 9.96. The van der Waals surface area contributed by atoms with Crippen molar-refractivity contribution < 1.29 is 13.2 Å². The topological polar surface area (TPSA) is 66.5 Å². The molecular formula is C17H26N2O3S. The highest BCUT2D eigenvalue weighted by Crippen LogP contribution is 2.24. The van der Waals surface area contributed by atoms with Gasteiger partial charge in [-0.2, -0.15) is 0 Å². The third-order valence-corrected chi connectivity index (χ3v) is 5.95. The van der Waals surface area contributed by atoms with E-state index in [0.717, 1.165) is 31.4 Å². The Bertz CT molecular complexity index is 638.